The molecule has 8 nitrogen and oxygen atoms in total. The number of fused-ring (bicyclic) bond motifs is 15. The predicted molar refractivity (Wildman–Crippen MR) is 379 cm³/mol. The Morgan fingerprint density at radius 2 is 0.674 bits per heavy atom. The third-order valence-corrected chi connectivity index (χ3v) is 19.3. The van der Waals surface area contributed by atoms with Gasteiger partial charge in [-0.05, 0) is 90.8 Å². The topological polar surface area (TPSA) is 74.2 Å². The number of rotatable bonds is 8. The molecule has 1 aliphatic carbocycles. The van der Waals surface area contributed by atoms with Gasteiger partial charge in [0.05, 0.1) is 112 Å². The van der Waals surface area contributed by atoms with Crippen LogP contribution in [0.15, 0.2) is 285 Å². The van der Waals surface area contributed by atoms with Gasteiger partial charge >= 0.3 is 0 Å². The molecule has 0 spiro atoms. The van der Waals surface area contributed by atoms with Gasteiger partial charge in [0.2, 0.25) is 0 Å². The van der Waals surface area contributed by atoms with Crippen molar-refractivity contribution in [2.75, 3.05) is 0 Å². The Bertz CT molecular complexity index is 6070. The van der Waals surface area contributed by atoms with E-state index in [1.165, 1.54) is 16.6 Å². The van der Waals surface area contributed by atoms with Crippen LogP contribution in [0.5, 0.6) is 0 Å². The number of hydrogen-bond acceptors (Lipinski definition) is 3. The highest BCUT2D eigenvalue weighted by Crippen LogP contribution is 2.55. The van der Waals surface area contributed by atoms with Gasteiger partial charge in [-0.3, -0.25) is 0 Å². The van der Waals surface area contributed by atoms with E-state index < -0.39 is 0 Å². The molecule has 1 unspecified atom stereocenters. The lowest BCUT2D eigenvalue weighted by Gasteiger charge is -2.33. The van der Waals surface area contributed by atoms with Gasteiger partial charge in [0.25, 0.3) is 0 Å². The zero-order valence-electron chi connectivity index (χ0n) is 50.1. The molecule has 0 amide bonds. The number of nitriles is 1. The number of para-hydroxylation sites is 7. The van der Waals surface area contributed by atoms with Crippen LogP contribution in [0, 0.1) is 11.3 Å². The molecule has 18 aromatic rings. The molecule has 0 saturated carbocycles. The molecule has 0 bridgehead atoms. The maximum absolute atomic E-state index is 10.8. The summed E-state index contributed by atoms with van der Waals surface area (Å²) in [4.78, 5) is 11.5. The molecule has 92 heavy (non-hydrogen) atoms. The van der Waals surface area contributed by atoms with Crippen LogP contribution in [0.2, 0.25) is 0 Å². The molecule has 7 heterocycles. The number of aromatic nitrogens is 7. The largest absolute Gasteiger partial charge is 0.310 e. The minimum Gasteiger partial charge on any atom is -0.310 e. The average Bonchev–Trinajstić information content (AvgIpc) is 1.43. The van der Waals surface area contributed by atoms with E-state index in [1.54, 1.807) is 0 Å². The van der Waals surface area contributed by atoms with Gasteiger partial charge in [0.15, 0.2) is 0 Å². The lowest BCUT2D eigenvalue weighted by atomic mass is 9.91. The Balaban J connectivity index is 1.18. The fraction of sp³-hybridized carbons (Fsp3) is 0.0357. The van der Waals surface area contributed by atoms with E-state index in [0.717, 1.165) is 162 Å². The van der Waals surface area contributed by atoms with Crippen molar-refractivity contribution in [2.24, 2.45) is 0 Å². The number of pyridine rings is 2. The molecular formula is C84H54N8. The number of benzene rings is 11. The molecule has 0 N–H and O–H groups in total. The highest BCUT2D eigenvalue weighted by Gasteiger charge is 2.38. The van der Waals surface area contributed by atoms with Crippen molar-refractivity contribution in [1.82, 2.24) is 32.8 Å². The maximum atomic E-state index is 10.8. The third kappa shape index (κ3) is 7.39. The summed E-state index contributed by atoms with van der Waals surface area (Å²) in [6.07, 6.45) is 5.56. The van der Waals surface area contributed by atoms with E-state index in [4.69, 9.17) is 9.97 Å². The van der Waals surface area contributed by atoms with E-state index in [9.17, 15) is 5.26 Å². The van der Waals surface area contributed by atoms with Crippen LogP contribution < -0.4 is 0 Å². The smallest absolute Gasteiger partial charge is 0.0991 e. The summed E-state index contributed by atoms with van der Waals surface area (Å²) < 4.78 is 12.9. The van der Waals surface area contributed by atoms with Gasteiger partial charge in [0.1, 0.15) is 0 Å². The van der Waals surface area contributed by atoms with Crippen LogP contribution in [0.4, 0.5) is 0 Å². The predicted octanol–water partition coefficient (Wildman–Crippen LogP) is 21.2. The molecule has 7 aromatic heterocycles. The SMILES string of the molecule is CC1CC=Cc2c1n(-c1c(-c3ccc(C#N)cc3)c(-n3c4ccccc4c4ccccc43)c(-n3c4ccccc4c4nc(-c5ccccc5)ccc43)c(-n3c4ccccc4c4ccccc43)c1-n1c3ccccc3c3nc(-c4ccccc4)ccc31)c1ccccc21. The van der Waals surface area contributed by atoms with Gasteiger partial charge in [-0.2, -0.15) is 5.26 Å². The quantitative estimate of drug-likeness (QED) is 0.152. The van der Waals surface area contributed by atoms with Crippen LogP contribution in [-0.2, 0) is 0 Å². The Hall–Kier alpha value is -12.3. The van der Waals surface area contributed by atoms with Gasteiger partial charge in [-0.1, -0.05) is 219 Å². The molecule has 0 saturated heterocycles. The van der Waals surface area contributed by atoms with Crippen molar-refractivity contribution in [3.8, 4) is 68.1 Å². The standard InChI is InChI=1S/C84H54N8/c1-52-23-22-35-62-61-32-12-19-40-71(61)92(79(52)62)81-76(56-45-43-53(51-85)44-46-56)80(88-67-36-15-8-28-57(67)58-29-9-16-37-68(58)88)82(90-72-41-20-13-33-63(72)77-74(90)49-47-65(86-77)54-24-4-2-5-25-54)84(89-69-38-17-10-30-59(69)60-31-11-18-39-70(60)89)83(81)91-73-42-21-14-34-64(73)78-75(91)50-48-66(87-78)55-26-6-3-7-27-55/h2-22,24-50,52H,23H2,1H3. The Kier molecular flexibility index (Phi) is 11.3. The second-order valence-corrected chi connectivity index (χ2v) is 24.3. The molecule has 11 aromatic carbocycles. The Labute approximate surface area is 528 Å². The van der Waals surface area contributed by atoms with E-state index in [1.807, 2.05) is 12.1 Å². The summed E-state index contributed by atoms with van der Waals surface area (Å²) in [5.74, 6) is 0.0904. The van der Waals surface area contributed by atoms with Crippen molar-refractivity contribution in [3.05, 3.63) is 302 Å². The summed E-state index contributed by atoms with van der Waals surface area (Å²) >= 11 is 0. The van der Waals surface area contributed by atoms with Crippen molar-refractivity contribution < 1.29 is 0 Å². The fourth-order valence-electron chi connectivity index (χ4n) is 15.4. The Morgan fingerprint density at radius 3 is 1.12 bits per heavy atom. The molecule has 1 atom stereocenters. The van der Waals surface area contributed by atoms with Crippen molar-refractivity contribution >= 4 is 104 Å². The first kappa shape index (κ1) is 51.7. The molecule has 0 aliphatic heterocycles. The lowest BCUT2D eigenvalue weighted by molar-refractivity contribution is 0.722. The first-order valence-corrected chi connectivity index (χ1v) is 31.5. The highest BCUT2D eigenvalue weighted by molar-refractivity contribution is 6.18. The van der Waals surface area contributed by atoms with Crippen LogP contribution in [0.25, 0.3) is 167 Å². The fourth-order valence-corrected chi connectivity index (χ4v) is 15.4. The maximum Gasteiger partial charge on any atom is 0.0991 e. The van der Waals surface area contributed by atoms with Crippen molar-refractivity contribution in [1.29, 1.82) is 5.26 Å². The van der Waals surface area contributed by atoms with Gasteiger partial charge in [0, 0.05) is 71.6 Å². The van der Waals surface area contributed by atoms with Crippen LogP contribution >= 0.6 is 0 Å². The van der Waals surface area contributed by atoms with E-state index in [2.05, 4.69) is 315 Å². The first-order chi connectivity index (χ1) is 45.6. The lowest BCUT2D eigenvalue weighted by Crippen LogP contribution is -2.19. The third-order valence-electron chi connectivity index (χ3n) is 19.3. The molecule has 0 fully saturated rings. The van der Waals surface area contributed by atoms with Gasteiger partial charge in [-0.15, -0.1) is 0 Å². The normalized spacial score (nSPS) is 13.3. The zero-order valence-corrected chi connectivity index (χ0v) is 50.1. The van der Waals surface area contributed by atoms with Gasteiger partial charge < -0.3 is 22.8 Å². The molecule has 1 aliphatic rings. The molecule has 430 valence electrons. The van der Waals surface area contributed by atoms with E-state index >= 15 is 0 Å². The van der Waals surface area contributed by atoms with Crippen LogP contribution in [0.1, 0.15) is 36.1 Å². The van der Waals surface area contributed by atoms with Crippen LogP contribution in [0.3, 0.4) is 0 Å². The first-order valence-electron chi connectivity index (χ1n) is 31.5. The minimum atomic E-state index is 0.0904. The second kappa shape index (κ2) is 20.1. The second-order valence-electron chi connectivity index (χ2n) is 24.3. The van der Waals surface area contributed by atoms with E-state index in [-0.39, 0.29) is 5.92 Å². The number of nitrogens with zero attached hydrogens (tertiary/aromatic N) is 8. The summed E-state index contributed by atoms with van der Waals surface area (Å²) in [5, 5.41) is 18.5. The van der Waals surface area contributed by atoms with Crippen molar-refractivity contribution in [2.45, 2.75) is 19.3 Å². The van der Waals surface area contributed by atoms with Crippen LogP contribution in [-0.4, -0.2) is 32.8 Å². The monoisotopic (exact) mass is 1170 g/mol. The summed E-state index contributed by atoms with van der Waals surface area (Å²) in [7, 11) is 0. The van der Waals surface area contributed by atoms with Crippen molar-refractivity contribution in [3.63, 3.8) is 0 Å². The zero-order chi connectivity index (χ0) is 60.7. The van der Waals surface area contributed by atoms with Gasteiger partial charge in [-0.25, -0.2) is 9.97 Å². The summed E-state index contributed by atoms with van der Waals surface area (Å²) in [5.41, 5.74) is 24.5. The minimum absolute atomic E-state index is 0.0904. The summed E-state index contributed by atoms with van der Waals surface area (Å²) in [6, 6.07) is 103. The molecule has 19 rings (SSSR count). The summed E-state index contributed by atoms with van der Waals surface area (Å²) in [6.45, 7) is 2.39. The Morgan fingerprint density at radius 1 is 0.326 bits per heavy atom. The molecular weight excluding hydrogens is 1120 g/mol. The molecule has 8 heteroatoms. The highest BCUT2D eigenvalue weighted by atomic mass is 15.2. The van der Waals surface area contributed by atoms with E-state index in [0.29, 0.717) is 5.56 Å². The molecule has 0 radical (unpaired) electrons. The number of allylic oxidation sites excluding steroid dienone is 1. The average molecular weight is 1180 g/mol. The number of hydrogen-bond donors (Lipinski definition) is 0.